The molecule has 0 amide bonds. The molecule has 0 aliphatic carbocycles. The molecule has 2 aromatic heterocycles. The fourth-order valence-corrected chi connectivity index (χ4v) is 1.49. The highest BCUT2D eigenvalue weighted by Crippen LogP contribution is 2.29. The molecule has 0 fully saturated rings. The summed E-state index contributed by atoms with van der Waals surface area (Å²) in [5.74, 6) is 0.673. The fourth-order valence-electron chi connectivity index (χ4n) is 0.980. The molecule has 0 saturated carbocycles. The van der Waals surface area contributed by atoms with Crippen LogP contribution in [0.1, 0.15) is 0 Å². The molecule has 0 radical (unpaired) electrons. The molecule has 0 aliphatic rings. The van der Waals surface area contributed by atoms with E-state index in [0.29, 0.717) is 16.5 Å². The highest BCUT2D eigenvalue weighted by atomic mass is 79.9. The van der Waals surface area contributed by atoms with Gasteiger partial charge in [0.15, 0.2) is 5.82 Å². The number of imidazole rings is 1. The summed E-state index contributed by atoms with van der Waals surface area (Å²) in [7, 11) is 0. The van der Waals surface area contributed by atoms with Gasteiger partial charge in [0.05, 0.1) is 5.02 Å². The van der Waals surface area contributed by atoms with Gasteiger partial charge in [-0.25, -0.2) is 4.98 Å². The number of nitrogens with one attached hydrogen (secondary N) is 1. The van der Waals surface area contributed by atoms with Crippen LogP contribution in [0.4, 0.5) is 0 Å². The van der Waals surface area contributed by atoms with E-state index in [0.717, 1.165) is 4.47 Å². The van der Waals surface area contributed by atoms with Gasteiger partial charge in [-0.15, -0.1) is 0 Å². The third kappa shape index (κ3) is 1.59. The van der Waals surface area contributed by atoms with E-state index in [1.54, 1.807) is 24.7 Å². The van der Waals surface area contributed by atoms with Crippen molar-refractivity contribution in [1.82, 2.24) is 15.0 Å². The molecule has 2 aromatic rings. The molecule has 2 heterocycles. The van der Waals surface area contributed by atoms with E-state index in [2.05, 4.69) is 30.9 Å². The molecule has 0 saturated heterocycles. The number of nitrogens with zero attached hydrogens (tertiary/aromatic N) is 2. The average Bonchev–Trinajstić information content (AvgIpc) is 2.62. The third-order valence-corrected chi connectivity index (χ3v) is 2.84. The van der Waals surface area contributed by atoms with E-state index in [1.807, 2.05) is 0 Å². The summed E-state index contributed by atoms with van der Waals surface area (Å²) in [6.45, 7) is 0. The molecule has 0 aromatic carbocycles. The number of hydrogen-bond acceptors (Lipinski definition) is 2. The maximum Gasteiger partial charge on any atom is 0.157 e. The van der Waals surface area contributed by atoms with Gasteiger partial charge in [-0.05, 0) is 22.0 Å². The Balaban J connectivity index is 2.59. The first-order valence-electron chi connectivity index (χ1n) is 3.59. The van der Waals surface area contributed by atoms with Crippen molar-refractivity contribution in [3.63, 3.8) is 0 Å². The Hall–Kier alpha value is -0.870. The largest absolute Gasteiger partial charge is 0.343 e. The predicted molar refractivity (Wildman–Crippen MR) is 54.5 cm³/mol. The summed E-state index contributed by atoms with van der Waals surface area (Å²) in [5.41, 5.74) is 0.654. The molecule has 0 bridgehead atoms. The Morgan fingerprint density at radius 3 is 2.85 bits per heavy atom. The fraction of sp³-hybridized carbons (Fsp3) is 0. The Bertz CT molecular complexity index is 413. The van der Waals surface area contributed by atoms with E-state index in [9.17, 15) is 0 Å². The number of H-pyrrole nitrogens is 1. The summed E-state index contributed by atoms with van der Waals surface area (Å²) in [4.78, 5) is 11.1. The first kappa shape index (κ1) is 8.72. The van der Waals surface area contributed by atoms with Gasteiger partial charge in [0.2, 0.25) is 0 Å². The van der Waals surface area contributed by atoms with Crippen LogP contribution in [0.2, 0.25) is 5.02 Å². The van der Waals surface area contributed by atoms with Crippen LogP contribution in [-0.2, 0) is 0 Å². The maximum absolute atomic E-state index is 6.02. The maximum atomic E-state index is 6.02. The van der Waals surface area contributed by atoms with Gasteiger partial charge in [-0.1, -0.05) is 11.6 Å². The Kier molecular flexibility index (Phi) is 2.33. The van der Waals surface area contributed by atoms with Crippen molar-refractivity contribution in [2.45, 2.75) is 0 Å². The summed E-state index contributed by atoms with van der Waals surface area (Å²) in [6.07, 6.45) is 5.07. The van der Waals surface area contributed by atoms with Crippen LogP contribution in [0.5, 0.6) is 0 Å². The lowest BCUT2D eigenvalue weighted by Gasteiger charge is -2.00. The van der Waals surface area contributed by atoms with Gasteiger partial charge in [-0.3, -0.25) is 4.98 Å². The van der Waals surface area contributed by atoms with Crippen LogP contribution in [0.25, 0.3) is 11.5 Å². The molecule has 0 spiro atoms. The van der Waals surface area contributed by atoms with Crippen molar-refractivity contribution < 1.29 is 0 Å². The lowest BCUT2D eigenvalue weighted by Crippen LogP contribution is -1.87. The molecule has 13 heavy (non-hydrogen) atoms. The van der Waals surface area contributed by atoms with Gasteiger partial charge in [0.25, 0.3) is 0 Å². The number of aromatic amines is 1. The lowest BCUT2D eigenvalue weighted by atomic mass is 10.3. The minimum Gasteiger partial charge on any atom is -0.343 e. The van der Waals surface area contributed by atoms with Gasteiger partial charge >= 0.3 is 0 Å². The van der Waals surface area contributed by atoms with E-state index >= 15 is 0 Å². The molecule has 1 N–H and O–H groups in total. The molecule has 5 heteroatoms. The van der Waals surface area contributed by atoms with Gasteiger partial charge in [0.1, 0.15) is 5.69 Å². The van der Waals surface area contributed by atoms with Crippen molar-refractivity contribution >= 4 is 27.5 Å². The van der Waals surface area contributed by atoms with Crippen LogP contribution >= 0.6 is 27.5 Å². The molecule has 0 aliphatic heterocycles. The number of rotatable bonds is 1. The summed E-state index contributed by atoms with van der Waals surface area (Å²) in [5, 5.41) is 0.567. The second-order valence-electron chi connectivity index (χ2n) is 2.39. The lowest BCUT2D eigenvalue weighted by molar-refractivity contribution is 1.22. The minimum absolute atomic E-state index is 0.567. The molecule has 0 unspecified atom stereocenters. The van der Waals surface area contributed by atoms with Crippen molar-refractivity contribution in [2.24, 2.45) is 0 Å². The molecule has 66 valence electrons. The van der Waals surface area contributed by atoms with E-state index in [-0.39, 0.29) is 0 Å². The zero-order valence-electron chi connectivity index (χ0n) is 6.46. The normalized spacial score (nSPS) is 10.3. The quantitative estimate of drug-likeness (QED) is 0.854. The smallest absolute Gasteiger partial charge is 0.157 e. The number of aromatic nitrogens is 3. The minimum atomic E-state index is 0.567. The summed E-state index contributed by atoms with van der Waals surface area (Å²) >= 11 is 9.33. The molecule has 2 rings (SSSR count). The second-order valence-corrected chi connectivity index (χ2v) is 3.63. The van der Waals surface area contributed by atoms with Crippen LogP contribution in [0.15, 0.2) is 29.1 Å². The molecular formula is C8H5BrClN3. The Morgan fingerprint density at radius 1 is 1.31 bits per heavy atom. The highest BCUT2D eigenvalue weighted by Gasteiger charge is 2.08. The van der Waals surface area contributed by atoms with Crippen LogP contribution in [0.3, 0.4) is 0 Å². The molecular weight excluding hydrogens is 253 g/mol. The van der Waals surface area contributed by atoms with Crippen molar-refractivity contribution in [2.75, 3.05) is 0 Å². The SMILES string of the molecule is Clc1c(Br)ccnc1-c1ncc[nH]1. The van der Waals surface area contributed by atoms with E-state index in [4.69, 9.17) is 11.6 Å². The van der Waals surface area contributed by atoms with Crippen LogP contribution in [0, 0.1) is 0 Å². The van der Waals surface area contributed by atoms with Crippen molar-refractivity contribution in [3.05, 3.63) is 34.2 Å². The van der Waals surface area contributed by atoms with E-state index < -0.39 is 0 Å². The van der Waals surface area contributed by atoms with Crippen LogP contribution in [-0.4, -0.2) is 15.0 Å². The van der Waals surface area contributed by atoms with Crippen LogP contribution < -0.4 is 0 Å². The van der Waals surface area contributed by atoms with Crippen molar-refractivity contribution in [3.8, 4) is 11.5 Å². The Labute approximate surface area is 88.3 Å². The monoisotopic (exact) mass is 257 g/mol. The van der Waals surface area contributed by atoms with Gasteiger partial charge in [-0.2, -0.15) is 0 Å². The molecule has 0 atom stereocenters. The highest BCUT2D eigenvalue weighted by molar-refractivity contribution is 9.10. The number of halogens is 2. The molecule has 3 nitrogen and oxygen atoms in total. The average molecular weight is 259 g/mol. The summed E-state index contributed by atoms with van der Waals surface area (Å²) < 4.78 is 0.815. The first-order chi connectivity index (χ1) is 6.29. The topological polar surface area (TPSA) is 41.6 Å². The zero-order valence-corrected chi connectivity index (χ0v) is 8.80. The summed E-state index contributed by atoms with van der Waals surface area (Å²) in [6, 6.07) is 1.79. The first-order valence-corrected chi connectivity index (χ1v) is 4.76. The zero-order chi connectivity index (χ0) is 9.26. The van der Waals surface area contributed by atoms with E-state index in [1.165, 1.54) is 0 Å². The Morgan fingerprint density at radius 2 is 2.15 bits per heavy atom. The third-order valence-electron chi connectivity index (χ3n) is 1.56. The van der Waals surface area contributed by atoms with Gasteiger partial charge in [0, 0.05) is 23.1 Å². The number of hydrogen-bond donors (Lipinski definition) is 1. The standard InChI is InChI=1S/C8H5BrClN3/c9-5-1-2-11-7(6(5)10)8-12-3-4-13-8/h1-4H,(H,12,13). The predicted octanol–water partition coefficient (Wildman–Crippen LogP) is 2.89. The second kappa shape index (κ2) is 3.47. The number of pyridine rings is 1. The van der Waals surface area contributed by atoms with Gasteiger partial charge < -0.3 is 4.98 Å². The van der Waals surface area contributed by atoms with Crippen molar-refractivity contribution in [1.29, 1.82) is 0 Å².